The second-order valence-corrected chi connectivity index (χ2v) is 5.89. The van der Waals surface area contributed by atoms with Crippen LogP contribution in [0.2, 0.25) is 0 Å². The largest absolute Gasteiger partial charge is 0.467 e. The number of aryl methyl sites for hydroxylation is 1. The van der Waals surface area contributed by atoms with Crippen molar-refractivity contribution in [2.45, 2.75) is 19.6 Å². The van der Waals surface area contributed by atoms with Gasteiger partial charge in [0.1, 0.15) is 5.76 Å². The minimum absolute atomic E-state index is 0.0544. The van der Waals surface area contributed by atoms with Gasteiger partial charge >= 0.3 is 6.18 Å². The first-order valence-electron chi connectivity index (χ1n) is 7.77. The van der Waals surface area contributed by atoms with E-state index in [0.717, 1.165) is 21.3 Å². The predicted molar refractivity (Wildman–Crippen MR) is 87.8 cm³/mol. The van der Waals surface area contributed by atoms with Gasteiger partial charge in [-0.3, -0.25) is 4.79 Å². The lowest BCUT2D eigenvalue weighted by Gasteiger charge is -2.17. The van der Waals surface area contributed by atoms with Crippen LogP contribution in [0.3, 0.4) is 0 Å². The predicted octanol–water partition coefficient (Wildman–Crippen LogP) is 4.06. The highest BCUT2D eigenvalue weighted by Crippen LogP contribution is 2.34. The molecule has 0 fully saturated rings. The number of amides is 1. The second kappa shape index (κ2) is 6.70. The summed E-state index contributed by atoms with van der Waals surface area (Å²) in [5.74, 6) is -0.313. The van der Waals surface area contributed by atoms with E-state index in [4.69, 9.17) is 4.42 Å². The number of aromatic nitrogens is 2. The zero-order valence-corrected chi connectivity index (χ0v) is 14.1. The average molecular weight is 363 g/mol. The first-order chi connectivity index (χ1) is 12.3. The highest BCUT2D eigenvalue weighted by atomic mass is 19.4. The van der Waals surface area contributed by atoms with E-state index >= 15 is 0 Å². The highest BCUT2D eigenvalue weighted by molar-refractivity contribution is 5.95. The van der Waals surface area contributed by atoms with E-state index in [1.54, 1.807) is 24.3 Å². The molecular weight excluding hydrogens is 347 g/mol. The SMILES string of the molecule is Cc1ccc(-n2ncc(C(=O)N(C)Cc3ccco3)c2C(F)(F)F)cc1. The van der Waals surface area contributed by atoms with Crippen LogP contribution in [0.25, 0.3) is 5.69 Å². The fraction of sp³-hybridized carbons (Fsp3) is 0.222. The first-order valence-corrected chi connectivity index (χ1v) is 7.77. The summed E-state index contributed by atoms with van der Waals surface area (Å²) in [6.07, 6.45) is -2.36. The lowest BCUT2D eigenvalue weighted by molar-refractivity contribution is -0.143. The standard InChI is InChI=1S/C18H16F3N3O2/c1-12-5-7-13(8-6-12)24-16(18(19,20)21)15(10-22-24)17(25)23(2)11-14-4-3-9-26-14/h3-10H,11H2,1-2H3. The highest BCUT2D eigenvalue weighted by Gasteiger charge is 2.41. The van der Waals surface area contributed by atoms with Crippen molar-refractivity contribution in [2.75, 3.05) is 7.05 Å². The van der Waals surface area contributed by atoms with Gasteiger partial charge in [-0.15, -0.1) is 0 Å². The molecule has 0 atom stereocenters. The summed E-state index contributed by atoms with van der Waals surface area (Å²) in [5.41, 5.74) is -0.468. The molecule has 1 amide bonds. The summed E-state index contributed by atoms with van der Waals surface area (Å²) in [7, 11) is 1.41. The van der Waals surface area contributed by atoms with Gasteiger partial charge in [0.15, 0.2) is 5.69 Å². The van der Waals surface area contributed by atoms with Gasteiger partial charge in [-0.1, -0.05) is 17.7 Å². The maximum atomic E-state index is 13.7. The molecule has 136 valence electrons. The number of rotatable bonds is 4. The van der Waals surface area contributed by atoms with E-state index in [0.29, 0.717) is 5.76 Å². The Morgan fingerprint density at radius 3 is 2.50 bits per heavy atom. The Bertz CT molecular complexity index is 897. The third-order valence-corrected chi connectivity index (χ3v) is 3.87. The first kappa shape index (κ1) is 17.8. The van der Waals surface area contributed by atoms with Crippen LogP contribution in [-0.4, -0.2) is 27.6 Å². The molecule has 0 bridgehead atoms. The molecule has 0 spiro atoms. The third kappa shape index (κ3) is 3.49. The van der Waals surface area contributed by atoms with Crippen LogP contribution in [0.4, 0.5) is 13.2 Å². The fourth-order valence-corrected chi connectivity index (χ4v) is 2.57. The molecule has 8 heteroatoms. The van der Waals surface area contributed by atoms with Crippen molar-refractivity contribution in [1.29, 1.82) is 0 Å². The number of carbonyl (C=O) groups excluding carboxylic acids is 1. The number of alkyl halides is 3. The molecule has 2 heterocycles. The van der Waals surface area contributed by atoms with Crippen molar-refractivity contribution in [3.63, 3.8) is 0 Å². The van der Waals surface area contributed by atoms with Gasteiger partial charge in [0.05, 0.1) is 30.3 Å². The molecule has 5 nitrogen and oxygen atoms in total. The summed E-state index contributed by atoms with van der Waals surface area (Å²) < 4.78 is 46.9. The van der Waals surface area contributed by atoms with Crippen molar-refractivity contribution in [3.05, 3.63) is 71.4 Å². The normalized spacial score (nSPS) is 11.6. The number of benzene rings is 1. The van der Waals surface area contributed by atoms with Gasteiger partial charge in [-0.2, -0.15) is 18.3 Å². The van der Waals surface area contributed by atoms with Gasteiger partial charge in [-0.25, -0.2) is 4.68 Å². The van der Waals surface area contributed by atoms with Gasteiger partial charge in [0.25, 0.3) is 5.91 Å². The smallest absolute Gasteiger partial charge is 0.434 e. The molecule has 0 N–H and O–H groups in total. The molecule has 3 aromatic rings. The maximum absolute atomic E-state index is 13.7. The Labute approximate surface area is 147 Å². The van der Waals surface area contributed by atoms with Crippen molar-refractivity contribution < 1.29 is 22.4 Å². The molecule has 26 heavy (non-hydrogen) atoms. The Morgan fingerprint density at radius 2 is 1.92 bits per heavy atom. The van der Waals surface area contributed by atoms with Crippen molar-refractivity contribution >= 4 is 5.91 Å². The minimum Gasteiger partial charge on any atom is -0.467 e. The maximum Gasteiger partial charge on any atom is 0.434 e. The molecular formula is C18H16F3N3O2. The molecule has 0 aliphatic heterocycles. The Balaban J connectivity index is 1.99. The summed E-state index contributed by atoms with van der Waals surface area (Å²) in [4.78, 5) is 13.7. The van der Waals surface area contributed by atoms with E-state index in [1.165, 1.54) is 25.4 Å². The molecule has 2 aromatic heterocycles. The second-order valence-electron chi connectivity index (χ2n) is 5.89. The van der Waals surface area contributed by atoms with Gasteiger partial charge in [-0.05, 0) is 31.2 Å². The summed E-state index contributed by atoms with van der Waals surface area (Å²) in [5, 5.41) is 3.81. The summed E-state index contributed by atoms with van der Waals surface area (Å²) >= 11 is 0. The Hall–Kier alpha value is -3.03. The Kier molecular flexibility index (Phi) is 4.58. The van der Waals surface area contributed by atoms with Crippen LogP contribution in [0.5, 0.6) is 0 Å². The van der Waals surface area contributed by atoms with E-state index in [2.05, 4.69) is 5.10 Å². The fourth-order valence-electron chi connectivity index (χ4n) is 2.57. The molecule has 0 saturated carbocycles. The monoisotopic (exact) mass is 363 g/mol. The van der Waals surface area contributed by atoms with Crippen molar-refractivity contribution in [2.24, 2.45) is 0 Å². The molecule has 0 saturated heterocycles. The van der Waals surface area contributed by atoms with E-state index in [-0.39, 0.29) is 12.2 Å². The third-order valence-electron chi connectivity index (χ3n) is 3.87. The zero-order valence-electron chi connectivity index (χ0n) is 14.1. The number of furan rings is 1. The lowest BCUT2D eigenvalue weighted by Crippen LogP contribution is -2.28. The number of hydrogen-bond donors (Lipinski definition) is 0. The topological polar surface area (TPSA) is 51.3 Å². The van der Waals surface area contributed by atoms with E-state index in [9.17, 15) is 18.0 Å². The van der Waals surface area contributed by atoms with Gasteiger partial charge < -0.3 is 9.32 Å². The Morgan fingerprint density at radius 1 is 1.23 bits per heavy atom. The van der Waals surface area contributed by atoms with E-state index < -0.39 is 23.3 Å². The quantitative estimate of drug-likeness (QED) is 0.702. The van der Waals surface area contributed by atoms with Crippen LogP contribution in [0.1, 0.15) is 27.4 Å². The van der Waals surface area contributed by atoms with Gasteiger partial charge in [0.2, 0.25) is 0 Å². The lowest BCUT2D eigenvalue weighted by atomic mass is 10.2. The minimum atomic E-state index is -4.74. The molecule has 0 radical (unpaired) electrons. The molecule has 0 unspecified atom stereocenters. The van der Waals surface area contributed by atoms with Crippen LogP contribution in [0, 0.1) is 6.92 Å². The molecule has 0 aliphatic rings. The van der Waals surface area contributed by atoms with Crippen molar-refractivity contribution in [1.82, 2.24) is 14.7 Å². The summed E-state index contributed by atoms with van der Waals surface area (Å²) in [6, 6.07) is 9.70. The number of hydrogen-bond acceptors (Lipinski definition) is 3. The van der Waals surface area contributed by atoms with Crippen LogP contribution >= 0.6 is 0 Å². The molecule has 1 aromatic carbocycles. The number of halogens is 3. The van der Waals surface area contributed by atoms with Crippen LogP contribution < -0.4 is 0 Å². The van der Waals surface area contributed by atoms with Crippen molar-refractivity contribution in [3.8, 4) is 5.69 Å². The molecule has 0 aliphatic carbocycles. The van der Waals surface area contributed by atoms with E-state index in [1.807, 2.05) is 6.92 Å². The van der Waals surface area contributed by atoms with Crippen LogP contribution in [-0.2, 0) is 12.7 Å². The summed E-state index contributed by atoms with van der Waals surface area (Å²) in [6.45, 7) is 1.88. The number of nitrogens with zero attached hydrogens (tertiary/aromatic N) is 3. The average Bonchev–Trinajstić information content (AvgIpc) is 3.23. The number of carbonyl (C=O) groups is 1. The molecule has 3 rings (SSSR count). The zero-order chi connectivity index (χ0) is 18.9. The van der Waals surface area contributed by atoms with Gasteiger partial charge in [0, 0.05) is 7.05 Å². The van der Waals surface area contributed by atoms with Crippen LogP contribution in [0.15, 0.2) is 53.3 Å².